The van der Waals surface area contributed by atoms with Gasteiger partial charge in [0.05, 0.1) is 0 Å². The Hall–Kier alpha value is -3.21. The molecule has 0 bridgehead atoms. The van der Waals surface area contributed by atoms with Gasteiger partial charge < -0.3 is 15.0 Å². The monoisotopic (exact) mass is 420 g/mol. The van der Waals surface area contributed by atoms with Gasteiger partial charge >= 0.3 is 5.97 Å². The minimum atomic E-state index is -1.30. The lowest BCUT2D eigenvalue weighted by molar-refractivity contribution is -0.148. The molecule has 2 aliphatic heterocycles. The number of halogens is 2. The molecule has 1 fully saturated rings. The number of aromatic nitrogens is 2. The highest BCUT2D eigenvalue weighted by Gasteiger charge is 2.54. The van der Waals surface area contributed by atoms with Gasteiger partial charge in [-0.15, -0.1) is 11.8 Å². The molecule has 0 radical (unpaired) electrons. The number of hydrogen-bond acceptors (Lipinski definition) is 5. The molecule has 0 aliphatic carbocycles. The van der Waals surface area contributed by atoms with Gasteiger partial charge in [-0.2, -0.15) is 0 Å². The van der Waals surface area contributed by atoms with E-state index >= 15 is 0 Å². The summed E-state index contributed by atoms with van der Waals surface area (Å²) >= 11 is 1.23. The van der Waals surface area contributed by atoms with E-state index in [0.717, 1.165) is 23.1 Å². The number of thioether (sulfide) groups is 1. The Labute approximate surface area is 167 Å². The first kappa shape index (κ1) is 19.1. The predicted molar refractivity (Wildman–Crippen MR) is 98.5 cm³/mol. The van der Waals surface area contributed by atoms with Crippen molar-refractivity contribution >= 4 is 35.1 Å². The third-order valence-corrected chi connectivity index (χ3v) is 6.02. The molecule has 2 amide bonds. The molecular weight excluding hydrogens is 406 g/mol. The van der Waals surface area contributed by atoms with Crippen LogP contribution in [0.5, 0.6) is 0 Å². The summed E-state index contributed by atoms with van der Waals surface area (Å²) in [6.07, 6.45) is 3.17. The molecular formula is C18H14F2N4O4S. The Balaban J connectivity index is 1.62. The average molecular weight is 420 g/mol. The molecule has 2 aliphatic rings. The second-order valence-corrected chi connectivity index (χ2v) is 7.56. The first-order valence-corrected chi connectivity index (χ1v) is 9.49. The molecule has 1 aromatic carbocycles. The van der Waals surface area contributed by atoms with Gasteiger partial charge in [0.25, 0.3) is 11.8 Å². The standard InChI is InChI=1S/C18H14F2N4O4S/c1-23-6-5-21-14(23)8-7-29-17-12(16(26)24(17)13(8)18(27)28)22-15(25)11-9(19)3-2-4-10(11)20/h2-6,12,17H,7H2,1H3,(H,22,25)(H,27,28)/t12-,17-/m1/s1. The molecule has 4 rings (SSSR count). The summed E-state index contributed by atoms with van der Waals surface area (Å²) < 4.78 is 29.3. The van der Waals surface area contributed by atoms with Crippen LogP contribution in [0, 0.1) is 11.6 Å². The summed E-state index contributed by atoms with van der Waals surface area (Å²) in [6, 6.07) is 1.90. The average Bonchev–Trinajstić information content (AvgIpc) is 3.10. The number of rotatable bonds is 4. The van der Waals surface area contributed by atoms with Gasteiger partial charge in [-0.1, -0.05) is 6.07 Å². The minimum Gasteiger partial charge on any atom is -0.477 e. The van der Waals surface area contributed by atoms with Crippen LogP contribution in [-0.4, -0.2) is 54.5 Å². The number of amides is 2. The molecule has 11 heteroatoms. The van der Waals surface area contributed by atoms with Crippen molar-refractivity contribution in [3.05, 3.63) is 59.3 Å². The van der Waals surface area contributed by atoms with Crippen LogP contribution in [0.4, 0.5) is 8.78 Å². The van der Waals surface area contributed by atoms with Crippen molar-refractivity contribution in [2.45, 2.75) is 11.4 Å². The molecule has 1 aromatic heterocycles. The number of imidazole rings is 1. The highest BCUT2D eigenvalue weighted by atomic mass is 32.2. The number of benzene rings is 1. The number of carboxylic acids is 1. The normalized spacial score (nSPS) is 20.9. The van der Waals surface area contributed by atoms with Gasteiger partial charge in [0, 0.05) is 30.8 Å². The van der Waals surface area contributed by atoms with Crippen molar-refractivity contribution < 1.29 is 28.3 Å². The third kappa shape index (κ3) is 2.97. The summed E-state index contributed by atoms with van der Waals surface area (Å²) in [6.45, 7) is 0. The zero-order chi connectivity index (χ0) is 20.9. The van der Waals surface area contributed by atoms with Crippen LogP contribution in [0.25, 0.3) is 5.57 Å². The van der Waals surface area contributed by atoms with Crippen LogP contribution in [-0.2, 0) is 16.6 Å². The van der Waals surface area contributed by atoms with Gasteiger partial charge in [-0.25, -0.2) is 18.6 Å². The fraction of sp³-hybridized carbons (Fsp3) is 0.222. The number of carbonyl (C=O) groups is 3. The van der Waals surface area contributed by atoms with Gasteiger partial charge in [0.2, 0.25) is 0 Å². The molecule has 8 nitrogen and oxygen atoms in total. The fourth-order valence-electron chi connectivity index (χ4n) is 3.37. The van der Waals surface area contributed by atoms with Gasteiger partial charge in [-0.3, -0.25) is 14.5 Å². The fourth-order valence-corrected chi connectivity index (χ4v) is 4.71. The summed E-state index contributed by atoms with van der Waals surface area (Å²) in [5.74, 6) is -4.49. The highest BCUT2D eigenvalue weighted by Crippen LogP contribution is 2.43. The zero-order valence-electron chi connectivity index (χ0n) is 14.9. The second-order valence-electron chi connectivity index (χ2n) is 6.45. The number of aryl methyl sites for hydroxylation is 1. The van der Waals surface area contributed by atoms with E-state index in [-0.39, 0.29) is 11.4 Å². The Morgan fingerprint density at radius 3 is 2.59 bits per heavy atom. The summed E-state index contributed by atoms with van der Waals surface area (Å²) in [4.78, 5) is 42.0. The van der Waals surface area contributed by atoms with Crippen molar-refractivity contribution in [2.24, 2.45) is 7.05 Å². The maximum absolute atomic E-state index is 13.8. The maximum atomic E-state index is 13.8. The molecule has 0 spiro atoms. The van der Waals surface area contributed by atoms with Crippen LogP contribution in [0.15, 0.2) is 36.3 Å². The second kappa shape index (κ2) is 6.99. The lowest BCUT2D eigenvalue weighted by Gasteiger charge is -2.49. The van der Waals surface area contributed by atoms with E-state index in [1.165, 1.54) is 18.0 Å². The smallest absolute Gasteiger partial charge is 0.353 e. The van der Waals surface area contributed by atoms with E-state index in [4.69, 9.17) is 0 Å². The number of aliphatic carboxylic acids is 1. The zero-order valence-corrected chi connectivity index (χ0v) is 15.7. The number of nitrogens with one attached hydrogen (secondary N) is 1. The van der Waals surface area contributed by atoms with E-state index in [1.54, 1.807) is 17.8 Å². The predicted octanol–water partition coefficient (Wildman–Crippen LogP) is 1.21. The molecule has 0 saturated carbocycles. The maximum Gasteiger partial charge on any atom is 0.353 e. The van der Waals surface area contributed by atoms with E-state index in [9.17, 15) is 28.3 Å². The topological polar surface area (TPSA) is 105 Å². The lowest BCUT2D eigenvalue weighted by Crippen LogP contribution is -2.70. The number of carboxylic acid groups (broad SMARTS) is 1. The lowest BCUT2D eigenvalue weighted by atomic mass is 10.0. The van der Waals surface area contributed by atoms with Crippen molar-refractivity contribution in [1.82, 2.24) is 19.8 Å². The van der Waals surface area contributed by atoms with Crippen LogP contribution < -0.4 is 5.32 Å². The first-order chi connectivity index (χ1) is 13.8. The van der Waals surface area contributed by atoms with E-state index in [1.807, 2.05) is 0 Å². The summed E-state index contributed by atoms with van der Waals surface area (Å²) in [5.41, 5.74) is -0.623. The quantitative estimate of drug-likeness (QED) is 0.721. The number of nitrogens with zero attached hydrogens (tertiary/aromatic N) is 3. The van der Waals surface area contributed by atoms with Crippen molar-refractivity contribution in [3.63, 3.8) is 0 Å². The Morgan fingerprint density at radius 1 is 1.31 bits per heavy atom. The molecule has 2 N–H and O–H groups in total. The molecule has 150 valence electrons. The van der Waals surface area contributed by atoms with Gasteiger partial charge in [0.15, 0.2) is 0 Å². The van der Waals surface area contributed by atoms with E-state index in [2.05, 4.69) is 10.3 Å². The van der Waals surface area contributed by atoms with Crippen molar-refractivity contribution in [3.8, 4) is 0 Å². The summed E-state index contributed by atoms with van der Waals surface area (Å²) in [5, 5.41) is 11.3. The van der Waals surface area contributed by atoms with Crippen LogP contribution in [0.2, 0.25) is 0 Å². The van der Waals surface area contributed by atoms with Gasteiger partial charge in [-0.05, 0) is 12.1 Å². The Kier molecular flexibility index (Phi) is 4.61. The largest absolute Gasteiger partial charge is 0.477 e. The van der Waals surface area contributed by atoms with E-state index < -0.39 is 46.4 Å². The third-order valence-electron chi connectivity index (χ3n) is 4.74. The van der Waals surface area contributed by atoms with Crippen LogP contribution in [0.1, 0.15) is 16.2 Å². The van der Waals surface area contributed by atoms with Crippen LogP contribution in [0.3, 0.4) is 0 Å². The van der Waals surface area contributed by atoms with Gasteiger partial charge in [0.1, 0.15) is 40.1 Å². The molecule has 2 atom stereocenters. The number of carbonyl (C=O) groups excluding carboxylic acids is 2. The highest BCUT2D eigenvalue weighted by molar-refractivity contribution is 8.00. The van der Waals surface area contributed by atoms with Crippen molar-refractivity contribution in [1.29, 1.82) is 0 Å². The SMILES string of the molecule is Cn1ccnc1C1=C(C(=O)O)N2C(=O)[C@@H](NC(=O)c3c(F)cccc3F)[C@H]2SC1. The molecule has 3 heterocycles. The molecule has 0 unspecified atom stereocenters. The first-order valence-electron chi connectivity index (χ1n) is 8.45. The van der Waals surface area contributed by atoms with Crippen molar-refractivity contribution in [2.75, 3.05) is 5.75 Å². The molecule has 1 saturated heterocycles. The Morgan fingerprint density at radius 2 is 2.00 bits per heavy atom. The molecule has 29 heavy (non-hydrogen) atoms. The summed E-state index contributed by atoms with van der Waals surface area (Å²) in [7, 11) is 1.70. The number of hydrogen-bond donors (Lipinski definition) is 2. The number of fused-ring (bicyclic) bond motifs is 1. The number of β-lactam (4-membered cyclic amide) rings is 1. The van der Waals surface area contributed by atoms with E-state index in [0.29, 0.717) is 11.4 Å². The Bertz CT molecular complexity index is 1060. The van der Waals surface area contributed by atoms with Crippen LogP contribution >= 0.6 is 11.8 Å². The molecule has 2 aromatic rings. The minimum absolute atomic E-state index is 0.212.